The van der Waals surface area contributed by atoms with Crippen molar-refractivity contribution in [3.8, 4) is 0 Å². The number of hydrogen-bond donors (Lipinski definition) is 1. The van der Waals surface area contributed by atoms with Gasteiger partial charge in [-0.05, 0) is 68.5 Å². The van der Waals surface area contributed by atoms with Crippen molar-refractivity contribution in [3.63, 3.8) is 0 Å². The first-order valence-electron chi connectivity index (χ1n) is 12.6. The Hall–Kier alpha value is -2.66. The molecule has 3 atom stereocenters. The fourth-order valence-electron chi connectivity index (χ4n) is 6.07. The van der Waals surface area contributed by atoms with Gasteiger partial charge < -0.3 is 10.3 Å². The molecule has 0 saturated carbocycles. The van der Waals surface area contributed by atoms with Crippen LogP contribution in [-0.4, -0.2) is 64.4 Å². The number of nitrogens with two attached hydrogens (primary N) is 1. The molecule has 11 heteroatoms. The maximum absolute atomic E-state index is 11.6. The molecule has 3 aromatic rings. The minimum Gasteiger partial charge on any atom is -0.369 e. The standard InChI is InChI=1S/C24H35N9OS/c1-14(2)24-28-26-16(4)32(24)19-11-17-6-7-18(12-19)31(17)10-9-20(21-8-5-15(3)35-21)33-23(13-22(25)34)27-29-30-33/h5,8,14,17-20H,6-7,9-13H2,1-4H3,(H2,25,34)/t17-,18-,20-/m0/s1. The Balaban J connectivity index is 1.33. The highest BCUT2D eigenvalue weighted by Crippen LogP contribution is 2.42. The zero-order chi connectivity index (χ0) is 24.7. The smallest absolute Gasteiger partial charge is 0.225 e. The minimum absolute atomic E-state index is 0.0113. The Bertz CT molecular complexity index is 1170. The molecule has 2 bridgehead atoms. The van der Waals surface area contributed by atoms with Crippen molar-refractivity contribution < 1.29 is 4.79 Å². The zero-order valence-electron chi connectivity index (χ0n) is 21.0. The van der Waals surface area contributed by atoms with Crippen molar-refractivity contribution in [1.29, 1.82) is 0 Å². The summed E-state index contributed by atoms with van der Waals surface area (Å²) in [7, 11) is 0. The van der Waals surface area contributed by atoms with Gasteiger partial charge in [0.1, 0.15) is 11.6 Å². The summed E-state index contributed by atoms with van der Waals surface area (Å²) in [5, 5.41) is 21.1. The molecule has 0 aliphatic carbocycles. The lowest BCUT2D eigenvalue weighted by atomic mass is 9.95. The van der Waals surface area contributed by atoms with Gasteiger partial charge in [0.2, 0.25) is 5.91 Å². The topological polar surface area (TPSA) is 121 Å². The van der Waals surface area contributed by atoms with Crippen LogP contribution >= 0.6 is 11.3 Å². The molecule has 0 spiro atoms. The number of thiophene rings is 1. The lowest BCUT2D eigenvalue weighted by Crippen LogP contribution is -2.44. The number of rotatable bonds is 9. The number of primary amides is 1. The Labute approximate surface area is 209 Å². The van der Waals surface area contributed by atoms with Crippen LogP contribution in [0.5, 0.6) is 0 Å². The number of carbonyl (C=O) groups is 1. The third-order valence-electron chi connectivity index (χ3n) is 7.57. The molecule has 3 aromatic heterocycles. The summed E-state index contributed by atoms with van der Waals surface area (Å²) in [5.74, 6) is 2.61. The second-order valence-corrected chi connectivity index (χ2v) is 11.6. The maximum Gasteiger partial charge on any atom is 0.225 e. The van der Waals surface area contributed by atoms with E-state index in [0.717, 1.165) is 37.5 Å². The molecule has 2 N–H and O–H groups in total. The Morgan fingerprint density at radius 2 is 1.86 bits per heavy atom. The summed E-state index contributed by atoms with van der Waals surface area (Å²) in [6.07, 6.45) is 5.67. The molecular weight excluding hydrogens is 462 g/mol. The van der Waals surface area contributed by atoms with E-state index in [-0.39, 0.29) is 12.5 Å². The monoisotopic (exact) mass is 497 g/mol. The first kappa shape index (κ1) is 24.1. The molecule has 188 valence electrons. The number of nitrogens with zero attached hydrogens (tertiary/aromatic N) is 8. The number of fused-ring (bicyclic) bond motifs is 2. The summed E-state index contributed by atoms with van der Waals surface area (Å²) in [6, 6.07) is 5.87. The van der Waals surface area contributed by atoms with Gasteiger partial charge in [-0.15, -0.1) is 26.6 Å². The third kappa shape index (κ3) is 4.75. The van der Waals surface area contributed by atoms with E-state index < -0.39 is 5.91 Å². The molecule has 0 aromatic carbocycles. The van der Waals surface area contributed by atoms with Crippen LogP contribution < -0.4 is 5.73 Å². The van der Waals surface area contributed by atoms with Gasteiger partial charge in [-0.1, -0.05) is 13.8 Å². The molecule has 2 saturated heterocycles. The lowest BCUT2D eigenvalue weighted by molar-refractivity contribution is -0.117. The normalized spacial score (nSPS) is 23.3. The van der Waals surface area contributed by atoms with Gasteiger partial charge in [0.15, 0.2) is 5.82 Å². The molecular formula is C24H35N9OS. The Morgan fingerprint density at radius 3 is 2.49 bits per heavy atom. The fourth-order valence-corrected chi connectivity index (χ4v) is 7.07. The van der Waals surface area contributed by atoms with E-state index in [1.165, 1.54) is 22.6 Å². The van der Waals surface area contributed by atoms with E-state index >= 15 is 0 Å². The molecule has 1 amide bonds. The molecule has 10 nitrogen and oxygen atoms in total. The SMILES string of the molecule is Cc1ccc([C@H](CCN2[C@H]3CC[C@H]2CC(n2c(C)nnc2C(C)C)C3)n2nnnc2CC(N)=O)s1. The van der Waals surface area contributed by atoms with Crippen LogP contribution in [-0.2, 0) is 11.2 Å². The number of aromatic nitrogens is 7. The van der Waals surface area contributed by atoms with E-state index in [1.807, 2.05) is 0 Å². The second-order valence-electron chi connectivity index (χ2n) is 10.3. The van der Waals surface area contributed by atoms with Gasteiger partial charge in [-0.2, -0.15) is 0 Å². The summed E-state index contributed by atoms with van der Waals surface area (Å²) < 4.78 is 4.21. The average molecular weight is 498 g/mol. The number of amides is 1. The van der Waals surface area contributed by atoms with Crippen molar-refractivity contribution in [2.24, 2.45) is 5.73 Å². The summed E-state index contributed by atoms with van der Waals surface area (Å²) in [5.41, 5.74) is 5.46. The molecule has 35 heavy (non-hydrogen) atoms. The number of carbonyl (C=O) groups excluding carboxylic acids is 1. The van der Waals surface area contributed by atoms with Crippen molar-refractivity contribution in [2.45, 2.75) is 96.3 Å². The molecule has 0 radical (unpaired) electrons. The van der Waals surface area contributed by atoms with Crippen molar-refractivity contribution in [2.75, 3.05) is 6.54 Å². The van der Waals surface area contributed by atoms with Crippen molar-refractivity contribution >= 4 is 17.2 Å². The number of tetrazole rings is 1. The van der Waals surface area contributed by atoms with E-state index in [0.29, 0.717) is 29.9 Å². The highest BCUT2D eigenvalue weighted by atomic mass is 32.1. The molecule has 2 aliphatic heterocycles. The third-order valence-corrected chi connectivity index (χ3v) is 8.67. The van der Waals surface area contributed by atoms with Gasteiger partial charge in [-0.3, -0.25) is 9.69 Å². The van der Waals surface area contributed by atoms with Crippen LogP contribution in [0, 0.1) is 13.8 Å². The quantitative estimate of drug-likeness (QED) is 0.482. The van der Waals surface area contributed by atoms with E-state index in [4.69, 9.17) is 5.73 Å². The molecule has 0 unspecified atom stereocenters. The van der Waals surface area contributed by atoms with Gasteiger partial charge >= 0.3 is 0 Å². The van der Waals surface area contributed by atoms with E-state index in [1.54, 1.807) is 16.0 Å². The minimum atomic E-state index is -0.424. The summed E-state index contributed by atoms with van der Waals surface area (Å²) in [4.78, 5) is 16.8. The van der Waals surface area contributed by atoms with Crippen molar-refractivity contribution in [1.82, 2.24) is 39.9 Å². The van der Waals surface area contributed by atoms with Crippen LogP contribution in [0.15, 0.2) is 12.1 Å². The number of aryl methyl sites for hydroxylation is 2. The molecule has 5 heterocycles. The van der Waals surface area contributed by atoms with E-state index in [2.05, 4.69) is 75.0 Å². The molecule has 2 aliphatic rings. The van der Waals surface area contributed by atoms with Crippen LogP contribution in [0.2, 0.25) is 0 Å². The zero-order valence-corrected chi connectivity index (χ0v) is 21.8. The highest BCUT2D eigenvalue weighted by molar-refractivity contribution is 7.12. The van der Waals surface area contributed by atoms with Crippen LogP contribution in [0.3, 0.4) is 0 Å². The average Bonchev–Trinajstić information content (AvgIpc) is 3.56. The largest absolute Gasteiger partial charge is 0.369 e. The summed E-state index contributed by atoms with van der Waals surface area (Å²) in [6.45, 7) is 9.55. The maximum atomic E-state index is 11.6. The van der Waals surface area contributed by atoms with Gasteiger partial charge in [0, 0.05) is 40.3 Å². The van der Waals surface area contributed by atoms with Crippen LogP contribution in [0.25, 0.3) is 0 Å². The number of piperidine rings is 1. The van der Waals surface area contributed by atoms with Crippen molar-refractivity contribution in [3.05, 3.63) is 39.4 Å². The highest BCUT2D eigenvalue weighted by Gasteiger charge is 2.42. The Kier molecular flexibility index (Phi) is 6.71. The van der Waals surface area contributed by atoms with E-state index in [9.17, 15) is 4.79 Å². The van der Waals surface area contributed by atoms with Crippen LogP contribution in [0.4, 0.5) is 0 Å². The van der Waals surface area contributed by atoms with Gasteiger partial charge in [0.05, 0.1) is 12.5 Å². The van der Waals surface area contributed by atoms with Crippen LogP contribution in [0.1, 0.15) is 91.2 Å². The summed E-state index contributed by atoms with van der Waals surface area (Å²) >= 11 is 1.76. The Morgan fingerprint density at radius 1 is 1.11 bits per heavy atom. The first-order valence-corrected chi connectivity index (χ1v) is 13.4. The fraction of sp³-hybridized carbons (Fsp3) is 0.667. The van der Waals surface area contributed by atoms with Gasteiger partial charge in [0.25, 0.3) is 0 Å². The predicted octanol–water partition coefficient (Wildman–Crippen LogP) is 2.94. The lowest BCUT2D eigenvalue weighted by Gasteiger charge is -2.40. The molecule has 2 fully saturated rings. The number of hydrogen-bond acceptors (Lipinski definition) is 8. The van der Waals surface area contributed by atoms with Gasteiger partial charge in [-0.25, -0.2) is 4.68 Å². The second kappa shape index (κ2) is 9.77. The molecule has 5 rings (SSSR count). The first-order chi connectivity index (χ1) is 16.8. The predicted molar refractivity (Wildman–Crippen MR) is 133 cm³/mol.